The van der Waals surface area contributed by atoms with E-state index in [2.05, 4.69) is 5.32 Å². The van der Waals surface area contributed by atoms with Crippen LogP contribution in [0.5, 0.6) is 0 Å². The Labute approximate surface area is 148 Å². The Hall–Kier alpha value is -2.37. The van der Waals surface area contributed by atoms with Crippen LogP contribution in [0.2, 0.25) is 5.02 Å². The van der Waals surface area contributed by atoms with Crippen molar-refractivity contribution < 1.29 is 9.53 Å². The smallest absolute Gasteiger partial charge is 0.412 e. The molecule has 122 valence electrons. The van der Waals surface area contributed by atoms with E-state index in [4.69, 9.17) is 21.7 Å². The summed E-state index contributed by atoms with van der Waals surface area (Å²) >= 11 is 7.53. The van der Waals surface area contributed by atoms with Crippen molar-refractivity contribution in [3.63, 3.8) is 0 Å². The van der Waals surface area contributed by atoms with Gasteiger partial charge in [0.05, 0.1) is 10.6 Å². The fraction of sp³-hybridized carbons (Fsp3) is 0.111. The molecule has 1 heterocycles. The van der Waals surface area contributed by atoms with E-state index in [0.717, 1.165) is 20.5 Å². The number of anilines is 1. The first kappa shape index (κ1) is 16.5. The minimum absolute atomic E-state index is 0.0833. The number of para-hydroxylation sites is 1. The van der Waals surface area contributed by atoms with Gasteiger partial charge in [0.1, 0.15) is 6.61 Å². The second kappa shape index (κ2) is 7.03. The maximum absolute atomic E-state index is 11.8. The Bertz CT molecular complexity index is 906. The molecule has 0 saturated carbocycles. The summed E-state index contributed by atoms with van der Waals surface area (Å²) in [6, 6.07) is 14.7. The van der Waals surface area contributed by atoms with Gasteiger partial charge in [0.2, 0.25) is 0 Å². The van der Waals surface area contributed by atoms with Crippen molar-refractivity contribution in [1.29, 1.82) is 5.41 Å². The second-order valence-corrected chi connectivity index (χ2v) is 6.73. The number of carbonyl (C=O) groups excluding carboxylic acids is 1. The van der Waals surface area contributed by atoms with Crippen LogP contribution in [-0.4, -0.2) is 18.4 Å². The predicted octanol–water partition coefficient (Wildman–Crippen LogP) is 5.48. The molecule has 0 bridgehead atoms. The SMILES string of the molecule is Cc1c(C(=N)COC(=O)Nc2ccccc2)sc2ccc(Cl)cc12. The van der Waals surface area contributed by atoms with Crippen LogP contribution in [0, 0.1) is 12.3 Å². The third-order valence-electron chi connectivity index (χ3n) is 3.54. The highest BCUT2D eigenvalue weighted by Gasteiger charge is 2.14. The van der Waals surface area contributed by atoms with E-state index in [-0.39, 0.29) is 12.3 Å². The highest BCUT2D eigenvalue weighted by Crippen LogP contribution is 2.32. The van der Waals surface area contributed by atoms with E-state index in [0.29, 0.717) is 10.7 Å². The average Bonchev–Trinajstić information content (AvgIpc) is 2.90. The summed E-state index contributed by atoms with van der Waals surface area (Å²) in [6.07, 6.45) is -0.576. The van der Waals surface area contributed by atoms with Gasteiger partial charge >= 0.3 is 6.09 Å². The highest BCUT2D eigenvalue weighted by atomic mass is 35.5. The molecule has 24 heavy (non-hydrogen) atoms. The second-order valence-electron chi connectivity index (χ2n) is 5.24. The number of aryl methyl sites for hydroxylation is 1. The molecule has 0 aliphatic carbocycles. The summed E-state index contributed by atoms with van der Waals surface area (Å²) in [5.41, 5.74) is 1.91. The quantitative estimate of drug-likeness (QED) is 0.606. The zero-order chi connectivity index (χ0) is 17.1. The summed E-state index contributed by atoms with van der Waals surface area (Å²) in [7, 11) is 0. The topological polar surface area (TPSA) is 62.2 Å². The van der Waals surface area contributed by atoms with Gasteiger partial charge in [0.15, 0.2) is 0 Å². The minimum Gasteiger partial charge on any atom is -0.443 e. The molecule has 0 unspecified atom stereocenters. The third-order valence-corrected chi connectivity index (χ3v) is 5.11. The number of ether oxygens (including phenoxy) is 1. The van der Waals surface area contributed by atoms with Crippen molar-refractivity contribution in [2.75, 3.05) is 11.9 Å². The lowest BCUT2D eigenvalue weighted by Crippen LogP contribution is -2.18. The summed E-state index contributed by atoms with van der Waals surface area (Å²) in [4.78, 5) is 12.6. The van der Waals surface area contributed by atoms with Crippen LogP contribution < -0.4 is 5.32 Å². The fourth-order valence-corrected chi connectivity index (χ4v) is 3.65. The van der Waals surface area contributed by atoms with Gasteiger partial charge in [-0.25, -0.2) is 4.79 Å². The number of fused-ring (bicyclic) bond motifs is 1. The van der Waals surface area contributed by atoms with Crippen LogP contribution in [0.4, 0.5) is 10.5 Å². The Kier molecular flexibility index (Phi) is 4.83. The molecular formula is C18H15ClN2O2S. The van der Waals surface area contributed by atoms with Crippen LogP contribution in [0.3, 0.4) is 0 Å². The lowest BCUT2D eigenvalue weighted by Gasteiger charge is -2.07. The van der Waals surface area contributed by atoms with E-state index in [1.165, 1.54) is 11.3 Å². The fourth-order valence-electron chi connectivity index (χ4n) is 2.36. The van der Waals surface area contributed by atoms with Gasteiger partial charge in [-0.3, -0.25) is 5.32 Å². The molecule has 2 N–H and O–H groups in total. The maximum atomic E-state index is 11.8. The lowest BCUT2D eigenvalue weighted by molar-refractivity contribution is 0.177. The first-order chi connectivity index (χ1) is 11.5. The molecule has 0 aliphatic heterocycles. The Morgan fingerprint density at radius 1 is 1.25 bits per heavy atom. The molecule has 4 nitrogen and oxygen atoms in total. The standard InChI is InChI=1S/C18H15ClN2O2S/c1-11-14-9-12(19)7-8-16(14)24-17(11)15(20)10-23-18(22)21-13-5-3-2-4-6-13/h2-9,20H,10H2,1H3,(H,21,22). The van der Waals surface area contributed by atoms with Crippen LogP contribution >= 0.6 is 22.9 Å². The number of thiophene rings is 1. The number of benzene rings is 2. The zero-order valence-electron chi connectivity index (χ0n) is 12.9. The van der Waals surface area contributed by atoms with Crippen molar-refractivity contribution in [2.24, 2.45) is 0 Å². The van der Waals surface area contributed by atoms with Crippen LogP contribution in [0.15, 0.2) is 48.5 Å². The number of amides is 1. The third kappa shape index (κ3) is 3.58. The largest absolute Gasteiger partial charge is 0.443 e. The first-order valence-electron chi connectivity index (χ1n) is 7.30. The van der Waals surface area contributed by atoms with Gasteiger partial charge in [-0.2, -0.15) is 0 Å². The monoisotopic (exact) mass is 358 g/mol. The minimum atomic E-state index is -0.576. The molecule has 3 rings (SSSR count). The Balaban J connectivity index is 1.67. The predicted molar refractivity (Wildman–Crippen MR) is 99.8 cm³/mol. The zero-order valence-corrected chi connectivity index (χ0v) is 14.5. The molecule has 1 aromatic heterocycles. The Morgan fingerprint density at radius 2 is 2.00 bits per heavy atom. The van der Waals surface area contributed by atoms with Gasteiger partial charge in [0.25, 0.3) is 0 Å². The van der Waals surface area contributed by atoms with E-state index in [1.54, 1.807) is 12.1 Å². The summed E-state index contributed by atoms with van der Waals surface area (Å²) in [5.74, 6) is 0. The van der Waals surface area contributed by atoms with E-state index >= 15 is 0 Å². The molecule has 0 atom stereocenters. The van der Waals surface area contributed by atoms with Crippen LogP contribution in [-0.2, 0) is 4.74 Å². The number of hydrogen-bond donors (Lipinski definition) is 2. The molecule has 0 radical (unpaired) electrons. The van der Waals surface area contributed by atoms with E-state index in [1.807, 2.05) is 43.3 Å². The molecule has 3 aromatic rings. The normalized spacial score (nSPS) is 10.6. The molecular weight excluding hydrogens is 344 g/mol. The van der Waals surface area contributed by atoms with Crippen LogP contribution in [0.25, 0.3) is 10.1 Å². The van der Waals surface area contributed by atoms with Gasteiger partial charge in [0, 0.05) is 15.4 Å². The highest BCUT2D eigenvalue weighted by molar-refractivity contribution is 7.21. The number of nitrogens with one attached hydrogen (secondary N) is 2. The average molecular weight is 359 g/mol. The maximum Gasteiger partial charge on any atom is 0.412 e. The van der Waals surface area contributed by atoms with Gasteiger partial charge in [-0.15, -0.1) is 11.3 Å². The lowest BCUT2D eigenvalue weighted by atomic mass is 10.1. The molecule has 2 aromatic carbocycles. The van der Waals surface area contributed by atoms with Crippen molar-refractivity contribution >= 4 is 50.5 Å². The molecule has 0 fully saturated rings. The number of carbonyl (C=O) groups is 1. The van der Waals surface area contributed by atoms with Crippen molar-refractivity contribution in [3.05, 3.63) is 64.0 Å². The van der Waals surface area contributed by atoms with E-state index < -0.39 is 6.09 Å². The first-order valence-corrected chi connectivity index (χ1v) is 8.49. The summed E-state index contributed by atoms with van der Waals surface area (Å²) in [6.45, 7) is 1.86. The van der Waals surface area contributed by atoms with Gasteiger partial charge in [-0.05, 0) is 48.2 Å². The molecule has 0 spiro atoms. The van der Waals surface area contributed by atoms with Crippen LogP contribution in [0.1, 0.15) is 10.4 Å². The molecule has 1 amide bonds. The van der Waals surface area contributed by atoms with Gasteiger partial charge in [-0.1, -0.05) is 29.8 Å². The molecule has 0 saturated heterocycles. The van der Waals surface area contributed by atoms with Crippen molar-refractivity contribution in [1.82, 2.24) is 0 Å². The van der Waals surface area contributed by atoms with Crippen molar-refractivity contribution in [3.8, 4) is 0 Å². The number of rotatable bonds is 4. The Morgan fingerprint density at radius 3 is 2.75 bits per heavy atom. The number of halogens is 1. The number of hydrogen-bond acceptors (Lipinski definition) is 4. The van der Waals surface area contributed by atoms with Gasteiger partial charge < -0.3 is 10.1 Å². The molecule has 6 heteroatoms. The molecule has 0 aliphatic rings. The summed E-state index contributed by atoms with van der Waals surface area (Å²) < 4.78 is 6.20. The van der Waals surface area contributed by atoms with Crippen molar-refractivity contribution in [2.45, 2.75) is 6.92 Å². The summed E-state index contributed by atoms with van der Waals surface area (Å²) in [5, 5.41) is 12.5. The van der Waals surface area contributed by atoms with E-state index in [9.17, 15) is 4.79 Å².